The summed E-state index contributed by atoms with van der Waals surface area (Å²) in [5.74, 6) is 1.31. The number of hydrogen-bond donors (Lipinski definition) is 1. The van der Waals surface area contributed by atoms with Crippen LogP contribution in [0.25, 0.3) is 11.5 Å². The lowest BCUT2D eigenvalue weighted by Gasteiger charge is -2.10. The third kappa shape index (κ3) is 2.59. The molecule has 0 saturated heterocycles. The molecule has 0 atom stereocenters. The Labute approximate surface area is 113 Å². The average molecular weight is 344 g/mol. The van der Waals surface area contributed by atoms with Crippen LogP contribution in [0.15, 0.2) is 22.7 Å². The fourth-order valence-electron chi connectivity index (χ4n) is 1.29. The van der Waals surface area contributed by atoms with Crippen LogP contribution in [0.4, 0.5) is 0 Å². The first-order valence-electron chi connectivity index (χ1n) is 5.21. The van der Waals surface area contributed by atoms with Gasteiger partial charge in [0.2, 0.25) is 0 Å². The Kier molecular flexibility index (Phi) is 3.11. The first-order chi connectivity index (χ1) is 7.88. The van der Waals surface area contributed by atoms with E-state index in [1.165, 1.54) is 0 Å². The van der Waals surface area contributed by atoms with E-state index < -0.39 is 0 Å². The summed E-state index contributed by atoms with van der Waals surface area (Å²) in [7, 11) is 0. The lowest BCUT2D eigenvalue weighted by Crippen LogP contribution is -2.13. The molecule has 2 aromatic rings. The number of phenolic OH excluding ortho intramolecular Hbond substituents is 1. The Bertz CT molecular complexity index is 544. The molecule has 0 spiro atoms. The fraction of sp³-hybridized carbons (Fsp3) is 0.333. The van der Waals surface area contributed by atoms with Gasteiger partial charge < -0.3 is 9.63 Å². The second-order valence-electron chi connectivity index (χ2n) is 4.84. The van der Waals surface area contributed by atoms with Crippen LogP contribution in [0, 0.1) is 3.57 Å². The van der Waals surface area contributed by atoms with Gasteiger partial charge in [0.15, 0.2) is 5.82 Å². The molecule has 0 aliphatic carbocycles. The van der Waals surface area contributed by atoms with Crippen LogP contribution in [-0.2, 0) is 5.41 Å². The molecular formula is C12H13IN2O2. The molecule has 2 rings (SSSR count). The first kappa shape index (κ1) is 12.3. The second-order valence-corrected chi connectivity index (χ2v) is 6.00. The van der Waals surface area contributed by atoms with E-state index in [0.29, 0.717) is 11.7 Å². The van der Waals surface area contributed by atoms with Gasteiger partial charge in [0.05, 0.1) is 3.57 Å². The third-order valence-electron chi connectivity index (χ3n) is 2.29. The Morgan fingerprint density at radius 2 is 2.00 bits per heavy atom. The van der Waals surface area contributed by atoms with Crippen LogP contribution < -0.4 is 0 Å². The first-order valence-corrected chi connectivity index (χ1v) is 6.29. The molecule has 1 heterocycles. The molecule has 5 heteroatoms. The van der Waals surface area contributed by atoms with E-state index in [2.05, 4.69) is 32.7 Å². The maximum absolute atomic E-state index is 9.63. The van der Waals surface area contributed by atoms with E-state index in [1.54, 1.807) is 6.07 Å². The van der Waals surface area contributed by atoms with Crippen LogP contribution in [0.5, 0.6) is 5.75 Å². The van der Waals surface area contributed by atoms with Gasteiger partial charge in [-0.1, -0.05) is 25.9 Å². The molecule has 0 fully saturated rings. The van der Waals surface area contributed by atoms with Crippen molar-refractivity contribution in [2.45, 2.75) is 26.2 Å². The summed E-state index contributed by atoms with van der Waals surface area (Å²) in [4.78, 5) is 4.33. The summed E-state index contributed by atoms with van der Waals surface area (Å²) in [5, 5.41) is 13.6. The zero-order valence-electron chi connectivity index (χ0n) is 9.86. The zero-order chi connectivity index (χ0) is 12.6. The molecule has 1 aromatic heterocycles. The van der Waals surface area contributed by atoms with Gasteiger partial charge in [-0.3, -0.25) is 0 Å². The van der Waals surface area contributed by atoms with Crippen molar-refractivity contribution < 1.29 is 9.63 Å². The number of aromatic nitrogens is 2. The Balaban J connectivity index is 2.40. The Morgan fingerprint density at radius 1 is 1.29 bits per heavy atom. The van der Waals surface area contributed by atoms with Crippen LogP contribution in [-0.4, -0.2) is 15.2 Å². The predicted molar refractivity (Wildman–Crippen MR) is 72.8 cm³/mol. The lowest BCUT2D eigenvalue weighted by molar-refractivity contribution is 0.402. The maximum atomic E-state index is 9.63. The molecule has 0 bridgehead atoms. The number of nitrogens with zero attached hydrogens (tertiary/aromatic N) is 2. The number of hydrogen-bond acceptors (Lipinski definition) is 4. The number of halogens is 1. The molecule has 4 nitrogen and oxygen atoms in total. The van der Waals surface area contributed by atoms with Crippen molar-refractivity contribution in [1.82, 2.24) is 10.1 Å². The van der Waals surface area contributed by atoms with Crippen molar-refractivity contribution in [3.63, 3.8) is 0 Å². The monoisotopic (exact) mass is 344 g/mol. The topological polar surface area (TPSA) is 59.2 Å². The van der Waals surface area contributed by atoms with E-state index >= 15 is 0 Å². The highest BCUT2D eigenvalue weighted by molar-refractivity contribution is 14.1. The summed E-state index contributed by atoms with van der Waals surface area (Å²) in [6, 6.07) is 5.29. The van der Waals surface area contributed by atoms with Crippen molar-refractivity contribution in [2.24, 2.45) is 0 Å². The number of phenols is 1. The van der Waals surface area contributed by atoms with Gasteiger partial charge >= 0.3 is 0 Å². The minimum atomic E-state index is -0.146. The zero-order valence-corrected chi connectivity index (χ0v) is 12.0. The fourth-order valence-corrected chi connectivity index (χ4v) is 1.63. The van der Waals surface area contributed by atoms with E-state index in [1.807, 2.05) is 32.9 Å². The Hall–Kier alpha value is -1.11. The molecule has 1 aromatic carbocycles. The minimum Gasteiger partial charge on any atom is -0.507 e. The molecule has 0 aliphatic heterocycles. The largest absolute Gasteiger partial charge is 0.507 e. The highest BCUT2D eigenvalue weighted by Crippen LogP contribution is 2.28. The predicted octanol–water partition coefficient (Wildman–Crippen LogP) is 3.34. The van der Waals surface area contributed by atoms with Crippen molar-refractivity contribution in [3.05, 3.63) is 27.6 Å². The van der Waals surface area contributed by atoms with E-state index in [4.69, 9.17) is 4.52 Å². The molecular weight excluding hydrogens is 331 g/mol. The maximum Gasteiger partial charge on any atom is 0.258 e. The summed E-state index contributed by atoms with van der Waals surface area (Å²) in [6.07, 6.45) is 0. The number of benzene rings is 1. The summed E-state index contributed by atoms with van der Waals surface area (Å²) < 4.78 is 5.99. The van der Waals surface area contributed by atoms with Gasteiger partial charge in [0.1, 0.15) is 5.75 Å². The van der Waals surface area contributed by atoms with Crippen molar-refractivity contribution in [2.75, 3.05) is 0 Å². The van der Waals surface area contributed by atoms with Gasteiger partial charge in [-0.15, -0.1) is 0 Å². The smallest absolute Gasteiger partial charge is 0.258 e. The van der Waals surface area contributed by atoms with Crippen LogP contribution in [0.2, 0.25) is 0 Å². The number of rotatable bonds is 1. The summed E-state index contributed by atoms with van der Waals surface area (Å²) >= 11 is 2.06. The molecule has 17 heavy (non-hydrogen) atoms. The van der Waals surface area contributed by atoms with E-state index in [-0.39, 0.29) is 11.2 Å². The average Bonchev–Trinajstić information content (AvgIpc) is 2.70. The van der Waals surface area contributed by atoms with Gasteiger partial charge in [-0.2, -0.15) is 4.98 Å². The second kappa shape index (κ2) is 4.29. The minimum absolute atomic E-state index is 0.146. The molecule has 0 amide bonds. The molecule has 1 N–H and O–H groups in total. The van der Waals surface area contributed by atoms with E-state index in [9.17, 15) is 5.11 Å². The lowest BCUT2D eigenvalue weighted by atomic mass is 9.96. The summed E-state index contributed by atoms with van der Waals surface area (Å²) in [6.45, 7) is 6.06. The van der Waals surface area contributed by atoms with Crippen LogP contribution in [0.3, 0.4) is 0 Å². The van der Waals surface area contributed by atoms with Crippen LogP contribution in [0.1, 0.15) is 26.6 Å². The highest BCUT2D eigenvalue weighted by Gasteiger charge is 2.21. The van der Waals surface area contributed by atoms with Gasteiger partial charge in [-0.25, -0.2) is 0 Å². The van der Waals surface area contributed by atoms with Crippen molar-refractivity contribution in [3.8, 4) is 17.2 Å². The van der Waals surface area contributed by atoms with Crippen molar-refractivity contribution in [1.29, 1.82) is 0 Å². The molecule has 0 radical (unpaired) electrons. The Morgan fingerprint density at radius 3 is 2.53 bits per heavy atom. The molecule has 0 aliphatic rings. The van der Waals surface area contributed by atoms with Gasteiger partial charge in [0.25, 0.3) is 5.89 Å². The van der Waals surface area contributed by atoms with Gasteiger partial charge in [0, 0.05) is 11.0 Å². The quantitative estimate of drug-likeness (QED) is 0.806. The van der Waals surface area contributed by atoms with E-state index in [0.717, 1.165) is 9.13 Å². The standard InChI is InChI=1S/C12H13IN2O2/c1-12(2,3)11-14-10(17-15-11)7-4-5-8(13)9(16)6-7/h4-6,16H,1-3H3. The number of aromatic hydroxyl groups is 1. The van der Waals surface area contributed by atoms with Crippen LogP contribution >= 0.6 is 22.6 Å². The SMILES string of the molecule is CC(C)(C)c1noc(-c2ccc(I)c(O)c2)n1. The molecule has 0 saturated carbocycles. The van der Waals surface area contributed by atoms with Gasteiger partial charge in [-0.05, 0) is 40.8 Å². The highest BCUT2D eigenvalue weighted by atomic mass is 127. The normalized spacial score (nSPS) is 11.8. The molecule has 90 valence electrons. The third-order valence-corrected chi connectivity index (χ3v) is 3.20. The molecule has 0 unspecified atom stereocenters. The van der Waals surface area contributed by atoms with Crippen molar-refractivity contribution >= 4 is 22.6 Å². The summed E-state index contributed by atoms with van der Waals surface area (Å²) in [5.41, 5.74) is 0.582.